The van der Waals surface area contributed by atoms with Gasteiger partial charge in [-0.15, -0.1) is 0 Å². The van der Waals surface area contributed by atoms with Crippen LogP contribution in [-0.4, -0.2) is 67.2 Å². The number of carbonyl (C=O) groups is 1. The minimum atomic E-state index is -0.465. The van der Waals surface area contributed by atoms with Gasteiger partial charge in [0.25, 0.3) is 0 Å². The summed E-state index contributed by atoms with van der Waals surface area (Å²) < 4.78 is 10.6. The molecule has 0 radical (unpaired) electrons. The number of hydrogen-bond donors (Lipinski definition) is 2. The second-order valence-electron chi connectivity index (χ2n) is 6.54. The maximum atomic E-state index is 12.2. The van der Waals surface area contributed by atoms with Crippen molar-refractivity contribution in [2.24, 2.45) is 0 Å². The van der Waals surface area contributed by atoms with Crippen LogP contribution in [0.2, 0.25) is 0 Å². The predicted molar refractivity (Wildman–Crippen MR) is 81.3 cm³/mol. The number of aliphatic hydroxyl groups is 1. The Labute approximate surface area is 127 Å². The summed E-state index contributed by atoms with van der Waals surface area (Å²) in [7, 11) is 1.65. The number of nitrogens with zero attached hydrogens (tertiary/aromatic N) is 1. The van der Waals surface area contributed by atoms with Gasteiger partial charge in [-0.05, 0) is 40.0 Å². The first kappa shape index (κ1) is 18.2. The molecule has 0 aromatic carbocycles. The Morgan fingerprint density at radius 3 is 2.76 bits per heavy atom. The predicted octanol–water partition coefficient (Wildman–Crippen LogP) is 1.37. The number of methoxy groups -OCH3 is 1. The topological polar surface area (TPSA) is 71.0 Å². The average Bonchev–Trinajstić information content (AvgIpc) is 2.83. The second kappa shape index (κ2) is 8.56. The van der Waals surface area contributed by atoms with Crippen molar-refractivity contribution in [3.05, 3.63) is 0 Å². The third-order valence-corrected chi connectivity index (χ3v) is 3.49. The van der Waals surface area contributed by atoms with Crippen molar-refractivity contribution >= 4 is 6.09 Å². The molecule has 6 heteroatoms. The van der Waals surface area contributed by atoms with E-state index in [1.165, 1.54) is 0 Å². The highest BCUT2D eigenvalue weighted by Gasteiger charge is 2.32. The molecule has 1 aliphatic heterocycles. The van der Waals surface area contributed by atoms with Crippen LogP contribution in [0.3, 0.4) is 0 Å². The van der Waals surface area contributed by atoms with Crippen molar-refractivity contribution in [1.29, 1.82) is 0 Å². The molecule has 0 aliphatic carbocycles. The van der Waals surface area contributed by atoms with Gasteiger partial charge in [0.1, 0.15) is 5.60 Å². The summed E-state index contributed by atoms with van der Waals surface area (Å²) >= 11 is 0. The first-order valence-corrected chi connectivity index (χ1v) is 7.70. The molecule has 1 heterocycles. The fourth-order valence-corrected chi connectivity index (χ4v) is 2.51. The summed E-state index contributed by atoms with van der Waals surface area (Å²) in [4.78, 5) is 14.0. The van der Waals surface area contributed by atoms with E-state index in [-0.39, 0.29) is 24.8 Å². The van der Waals surface area contributed by atoms with Crippen LogP contribution in [0.1, 0.15) is 40.0 Å². The van der Waals surface area contributed by atoms with E-state index in [1.807, 2.05) is 20.8 Å². The van der Waals surface area contributed by atoms with Gasteiger partial charge in [-0.1, -0.05) is 0 Å². The molecule has 1 rings (SSSR count). The number of carbonyl (C=O) groups excluding carboxylic acids is 1. The van der Waals surface area contributed by atoms with E-state index in [0.717, 1.165) is 19.4 Å². The second-order valence-corrected chi connectivity index (χ2v) is 6.54. The molecule has 124 valence electrons. The summed E-state index contributed by atoms with van der Waals surface area (Å²) in [5.41, 5.74) is -0.465. The Hall–Kier alpha value is -0.850. The highest BCUT2D eigenvalue weighted by molar-refractivity contribution is 5.69. The largest absolute Gasteiger partial charge is 0.444 e. The van der Waals surface area contributed by atoms with E-state index in [0.29, 0.717) is 19.6 Å². The van der Waals surface area contributed by atoms with Gasteiger partial charge in [0.2, 0.25) is 0 Å². The van der Waals surface area contributed by atoms with Gasteiger partial charge < -0.3 is 24.8 Å². The summed E-state index contributed by atoms with van der Waals surface area (Å²) in [5, 5.41) is 12.4. The van der Waals surface area contributed by atoms with E-state index in [9.17, 15) is 4.79 Å². The Morgan fingerprint density at radius 2 is 2.19 bits per heavy atom. The Bertz CT molecular complexity index is 311. The van der Waals surface area contributed by atoms with Crippen LogP contribution in [0.25, 0.3) is 0 Å². The quantitative estimate of drug-likeness (QED) is 0.743. The van der Waals surface area contributed by atoms with Crippen molar-refractivity contribution in [1.82, 2.24) is 10.2 Å². The van der Waals surface area contributed by atoms with Gasteiger partial charge >= 0.3 is 6.09 Å². The first-order chi connectivity index (χ1) is 9.87. The standard InChI is InChI=1S/C15H30N2O4/c1-15(2,3)21-14(19)17-8-5-6-13(17)10-16-12(7-9-18)11-20-4/h12-13,16,18H,5-11H2,1-4H3. The number of ether oxygens (including phenoxy) is 2. The molecule has 2 N–H and O–H groups in total. The maximum Gasteiger partial charge on any atom is 0.410 e. The lowest BCUT2D eigenvalue weighted by Gasteiger charge is -2.29. The average molecular weight is 302 g/mol. The summed E-state index contributed by atoms with van der Waals surface area (Å²) in [6.07, 6.45) is 2.38. The Balaban J connectivity index is 2.47. The van der Waals surface area contributed by atoms with Gasteiger partial charge in [-0.25, -0.2) is 4.79 Å². The smallest absolute Gasteiger partial charge is 0.410 e. The minimum Gasteiger partial charge on any atom is -0.444 e. The number of aliphatic hydroxyl groups excluding tert-OH is 1. The Morgan fingerprint density at radius 1 is 1.48 bits per heavy atom. The molecule has 1 amide bonds. The van der Waals surface area contributed by atoms with Crippen LogP contribution in [0.5, 0.6) is 0 Å². The zero-order chi connectivity index (χ0) is 15.9. The SMILES string of the molecule is COCC(CCO)NCC1CCCN1C(=O)OC(C)(C)C. The lowest BCUT2D eigenvalue weighted by atomic mass is 10.1. The zero-order valence-electron chi connectivity index (χ0n) is 13.7. The van der Waals surface area contributed by atoms with E-state index in [1.54, 1.807) is 12.0 Å². The van der Waals surface area contributed by atoms with Crippen molar-refractivity contribution in [2.45, 2.75) is 57.7 Å². The minimum absolute atomic E-state index is 0.112. The molecule has 1 saturated heterocycles. The zero-order valence-corrected chi connectivity index (χ0v) is 13.7. The van der Waals surface area contributed by atoms with Gasteiger partial charge in [0.05, 0.1) is 6.61 Å². The van der Waals surface area contributed by atoms with Crippen LogP contribution < -0.4 is 5.32 Å². The lowest BCUT2D eigenvalue weighted by Crippen LogP contribution is -2.47. The first-order valence-electron chi connectivity index (χ1n) is 7.70. The molecule has 6 nitrogen and oxygen atoms in total. The number of rotatable bonds is 7. The number of likely N-dealkylation sites (tertiary alicyclic amines) is 1. The summed E-state index contributed by atoms with van der Waals surface area (Å²) in [5.74, 6) is 0. The van der Waals surface area contributed by atoms with Crippen LogP contribution in [0, 0.1) is 0 Å². The molecule has 0 spiro atoms. The molecule has 0 saturated carbocycles. The van der Waals surface area contributed by atoms with Gasteiger partial charge in [-0.3, -0.25) is 0 Å². The molecule has 2 unspecified atom stereocenters. The highest BCUT2D eigenvalue weighted by atomic mass is 16.6. The molecular weight excluding hydrogens is 272 g/mol. The van der Waals surface area contributed by atoms with E-state index in [2.05, 4.69) is 5.32 Å². The van der Waals surface area contributed by atoms with Crippen molar-refractivity contribution in [3.8, 4) is 0 Å². The number of amides is 1. The van der Waals surface area contributed by atoms with Crippen LogP contribution in [-0.2, 0) is 9.47 Å². The third kappa shape index (κ3) is 6.63. The van der Waals surface area contributed by atoms with Crippen molar-refractivity contribution in [2.75, 3.05) is 33.4 Å². The molecular formula is C15H30N2O4. The summed E-state index contributed by atoms with van der Waals surface area (Å²) in [6, 6.07) is 0.263. The molecule has 21 heavy (non-hydrogen) atoms. The molecule has 1 aliphatic rings. The maximum absolute atomic E-state index is 12.2. The number of hydrogen-bond acceptors (Lipinski definition) is 5. The fourth-order valence-electron chi connectivity index (χ4n) is 2.51. The highest BCUT2D eigenvalue weighted by Crippen LogP contribution is 2.20. The van der Waals surface area contributed by atoms with Gasteiger partial charge in [0, 0.05) is 38.9 Å². The molecule has 0 bridgehead atoms. The fraction of sp³-hybridized carbons (Fsp3) is 0.933. The normalized spacial score (nSPS) is 20.6. The van der Waals surface area contributed by atoms with E-state index < -0.39 is 5.60 Å². The molecule has 2 atom stereocenters. The van der Waals surface area contributed by atoms with Crippen molar-refractivity contribution in [3.63, 3.8) is 0 Å². The van der Waals surface area contributed by atoms with Gasteiger partial charge in [-0.2, -0.15) is 0 Å². The molecule has 0 aromatic rings. The van der Waals surface area contributed by atoms with Crippen LogP contribution in [0.4, 0.5) is 4.79 Å². The third-order valence-electron chi connectivity index (χ3n) is 3.49. The van der Waals surface area contributed by atoms with Gasteiger partial charge in [0.15, 0.2) is 0 Å². The molecule has 1 fully saturated rings. The monoisotopic (exact) mass is 302 g/mol. The summed E-state index contributed by atoms with van der Waals surface area (Å²) in [6.45, 7) is 7.77. The number of nitrogens with one attached hydrogen (secondary N) is 1. The van der Waals surface area contributed by atoms with E-state index in [4.69, 9.17) is 14.6 Å². The van der Waals surface area contributed by atoms with Crippen molar-refractivity contribution < 1.29 is 19.4 Å². The van der Waals surface area contributed by atoms with Crippen LogP contribution >= 0.6 is 0 Å². The van der Waals surface area contributed by atoms with E-state index >= 15 is 0 Å². The van der Waals surface area contributed by atoms with Crippen LogP contribution in [0.15, 0.2) is 0 Å². The Kier molecular flexibility index (Phi) is 7.42. The molecule has 0 aromatic heterocycles. The lowest BCUT2D eigenvalue weighted by molar-refractivity contribution is 0.0221.